The highest BCUT2D eigenvalue weighted by Gasteiger charge is 2.09. The normalized spacial score (nSPS) is 15.0. The smallest absolute Gasteiger partial charge is 0.0452 e. The van der Waals surface area contributed by atoms with E-state index in [-0.39, 0.29) is 6.04 Å². The van der Waals surface area contributed by atoms with E-state index in [1.165, 1.54) is 0 Å². The van der Waals surface area contributed by atoms with Crippen molar-refractivity contribution in [1.82, 2.24) is 0 Å². The maximum atomic E-state index is 6.09. The number of benzene rings is 1. The zero-order valence-corrected chi connectivity index (χ0v) is 10.6. The molecule has 0 bridgehead atoms. The maximum Gasteiger partial charge on any atom is 0.0452 e. The van der Waals surface area contributed by atoms with Gasteiger partial charge in [-0.2, -0.15) is 0 Å². The van der Waals surface area contributed by atoms with E-state index >= 15 is 0 Å². The molecule has 0 spiro atoms. The average Bonchev–Trinajstić information content (AvgIpc) is 2.08. The summed E-state index contributed by atoms with van der Waals surface area (Å²) in [6.45, 7) is 4.22. The Balaban J connectivity index is 2.64. The van der Waals surface area contributed by atoms with Crippen LogP contribution in [0.15, 0.2) is 18.2 Å². The quantitative estimate of drug-likeness (QED) is 0.856. The van der Waals surface area contributed by atoms with Gasteiger partial charge in [0.2, 0.25) is 0 Å². The van der Waals surface area contributed by atoms with Crippen LogP contribution in [0.5, 0.6) is 0 Å². The second-order valence-electron chi connectivity index (χ2n) is 4.26. The third kappa shape index (κ3) is 4.42. The van der Waals surface area contributed by atoms with Crippen molar-refractivity contribution in [2.45, 2.75) is 32.7 Å². The molecule has 1 nitrogen and oxygen atoms in total. The Labute approximate surface area is 102 Å². The van der Waals surface area contributed by atoms with Crippen molar-refractivity contribution in [2.24, 2.45) is 11.7 Å². The van der Waals surface area contributed by atoms with E-state index in [1.807, 2.05) is 19.1 Å². The lowest BCUT2D eigenvalue weighted by atomic mass is 9.95. The molecular weight excluding hydrogens is 229 g/mol. The average molecular weight is 246 g/mol. The van der Waals surface area contributed by atoms with Gasteiger partial charge in [-0.25, -0.2) is 0 Å². The van der Waals surface area contributed by atoms with Gasteiger partial charge < -0.3 is 5.73 Å². The lowest BCUT2D eigenvalue weighted by Gasteiger charge is -2.14. The lowest BCUT2D eigenvalue weighted by molar-refractivity contribution is 0.480. The topological polar surface area (TPSA) is 26.0 Å². The summed E-state index contributed by atoms with van der Waals surface area (Å²) in [7, 11) is 0. The molecule has 0 saturated heterocycles. The second-order valence-corrected chi connectivity index (χ2v) is 5.10. The molecule has 0 aliphatic rings. The zero-order valence-electron chi connectivity index (χ0n) is 9.13. The molecule has 0 aromatic heterocycles. The van der Waals surface area contributed by atoms with Crippen LogP contribution in [0.4, 0.5) is 0 Å². The van der Waals surface area contributed by atoms with Crippen LogP contribution in [0.3, 0.4) is 0 Å². The number of halogens is 2. The van der Waals surface area contributed by atoms with Crippen LogP contribution >= 0.6 is 23.2 Å². The molecule has 0 aliphatic carbocycles. The van der Waals surface area contributed by atoms with Gasteiger partial charge in [-0.1, -0.05) is 36.2 Å². The van der Waals surface area contributed by atoms with Crippen LogP contribution in [0.1, 0.15) is 25.8 Å². The molecule has 2 unspecified atom stereocenters. The lowest BCUT2D eigenvalue weighted by Crippen LogP contribution is -2.19. The van der Waals surface area contributed by atoms with Gasteiger partial charge in [-0.3, -0.25) is 0 Å². The summed E-state index contributed by atoms with van der Waals surface area (Å²) >= 11 is 11.9. The van der Waals surface area contributed by atoms with Gasteiger partial charge in [-0.05, 0) is 43.4 Å². The maximum absolute atomic E-state index is 6.09. The zero-order chi connectivity index (χ0) is 11.4. The molecule has 2 atom stereocenters. The SMILES string of the molecule is CC(N)CC(C)Cc1ccc(Cl)cc1Cl. The Hall–Kier alpha value is -0.240. The van der Waals surface area contributed by atoms with Crippen molar-refractivity contribution in [3.8, 4) is 0 Å². The molecule has 1 rings (SSSR count). The minimum Gasteiger partial charge on any atom is -0.328 e. The molecular formula is C12H17Cl2N. The number of hydrogen-bond donors (Lipinski definition) is 1. The van der Waals surface area contributed by atoms with Crippen molar-refractivity contribution < 1.29 is 0 Å². The summed E-state index contributed by atoms with van der Waals surface area (Å²) in [5.74, 6) is 0.545. The fraction of sp³-hybridized carbons (Fsp3) is 0.500. The van der Waals surface area contributed by atoms with Crippen LogP contribution in [-0.2, 0) is 6.42 Å². The van der Waals surface area contributed by atoms with Crippen molar-refractivity contribution >= 4 is 23.2 Å². The molecule has 0 amide bonds. The van der Waals surface area contributed by atoms with Gasteiger partial charge in [0, 0.05) is 16.1 Å². The summed E-state index contributed by atoms with van der Waals surface area (Å²) in [6.07, 6.45) is 1.97. The van der Waals surface area contributed by atoms with E-state index in [1.54, 1.807) is 6.07 Å². The van der Waals surface area contributed by atoms with Crippen LogP contribution in [0.25, 0.3) is 0 Å². The van der Waals surface area contributed by atoms with Gasteiger partial charge in [0.1, 0.15) is 0 Å². The van der Waals surface area contributed by atoms with E-state index in [2.05, 4.69) is 6.92 Å². The van der Waals surface area contributed by atoms with E-state index in [0.29, 0.717) is 10.9 Å². The Morgan fingerprint density at radius 2 is 1.93 bits per heavy atom. The largest absolute Gasteiger partial charge is 0.328 e. The molecule has 15 heavy (non-hydrogen) atoms. The predicted octanol–water partition coefficient (Wildman–Crippen LogP) is 3.91. The van der Waals surface area contributed by atoms with Crippen molar-refractivity contribution in [1.29, 1.82) is 0 Å². The van der Waals surface area contributed by atoms with Gasteiger partial charge in [0.15, 0.2) is 0 Å². The summed E-state index contributed by atoms with van der Waals surface area (Å²) < 4.78 is 0. The Morgan fingerprint density at radius 3 is 2.47 bits per heavy atom. The number of rotatable bonds is 4. The minimum atomic E-state index is 0.242. The summed E-state index contributed by atoms with van der Waals surface area (Å²) in [4.78, 5) is 0. The first-order valence-electron chi connectivity index (χ1n) is 5.18. The fourth-order valence-electron chi connectivity index (χ4n) is 1.78. The number of nitrogens with two attached hydrogens (primary N) is 1. The molecule has 0 radical (unpaired) electrons. The summed E-state index contributed by atoms with van der Waals surface area (Å²) in [5.41, 5.74) is 6.90. The first-order valence-corrected chi connectivity index (χ1v) is 5.94. The highest BCUT2D eigenvalue weighted by molar-refractivity contribution is 6.35. The van der Waals surface area contributed by atoms with Gasteiger partial charge in [-0.15, -0.1) is 0 Å². The monoisotopic (exact) mass is 245 g/mol. The van der Waals surface area contributed by atoms with Crippen LogP contribution in [-0.4, -0.2) is 6.04 Å². The molecule has 1 aromatic rings. The van der Waals surface area contributed by atoms with E-state index in [9.17, 15) is 0 Å². The van der Waals surface area contributed by atoms with Crippen molar-refractivity contribution in [3.63, 3.8) is 0 Å². The van der Waals surface area contributed by atoms with Gasteiger partial charge in [0.25, 0.3) is 0 Å². The molecule has 1 aromatic carbocycles. The third-order valence-electron chi connectivity index (χ3n) is 2.36. The van der Waals surface area contributed by atoms with Gasteiger partial charge >= 0.3 is 0 Å². The molecule has 2 N–H and O–H groups in total. The summed E-state index contributed by atoms with van der Waals surface area (Å²) in [5, 5.41) is 1.43. The summed E-state index contributed by atoms with van der Waals surface area (Å²) in [6, 6.07) is 5.90. The first kappa shape index (κ1) is 12.8. The Bertz CT molecular complexity index is 323. The second kappa shape index (κ2) is 5.74. The van der Waals surface area contributed by atoms with Crippen molar-refractivity contribution in [2.75, 3.05) is 0 Å². The fourth-order valence-corrected chi connectivity index (χ4v) is 2.27. The molecule has 3 heteroatoms. The van der Waals surface area contributed by atoms with E-state index < -0.39 is 0 Å². The molecule has 0 fully saturated rings. The Morgan fingerprint density at radius 1 is 1.27 bits per heavy atom. The van der Waals surface area contributed by atoms with E-state index in [4.69, 9.17) is 28.9 Å². The standard InChI is InChI=1S/C12H17Cl2N/c1-8(5-9(2)15)6-10-3-4-11(13)7-12(10)14/h3-4,7-9H,5-6,15H2,1-2H3. The molecule has 0 saturated carbocycles. The first-order chi connectivity index (χ1) is 6.99. The molecule has 0 aliphatic heterocycles. The predicted molar refractivity (Wildman–Crippen MR) is 67.6 cm³/mol. The van der Waals surface area contributed by atoms with Crippen LogP contribution in [0, 0.1) is 5.92 Å². The van der Waals surface area contributed by atoms with Gasteiger partial charge in [0.05, 0.1) is 0 Å². The highest BCUT2D eigenvalue weighted by Crippen LogP contribution is 2.24. The van der Waals surface area contributed by atoms with Crippen LogP contribution in [0.2, 0.25) is 10.0 Å². The van der Waals surface area contributed by atoms with Crippen LogP contribution < -0.4 is 5.73 Å². The third-order valence-corrected chi connectivity index (χ3v) is 2.94. The number of hydrogen-bond acceptors (Lipinski definition) is 1. The minimum absolute atomic E-state index is 0.242. The Kier molecular flexibility index (Phi) is 4.91. The molecule has 84 valence electrons. The van der Waals surface area contributed by atoms with Crippen molar-refractivity contribution in [3.05, 3.63) is 33.8 Å². The highest BCUT2D eigenvalue weighted by atomic mass is 35.5. The molecule has 0 heterocycles. The van der Waals surface area contributed by atoms with E-state index in [0.717, 1.165) is 23.4 Å².